The predicted molar refractivity (Wildman–Crippen MR) is 63.2 cm³/mol. The van der Waals surface area contributed by atoms with Gasteiger partial charge in [0.1, 0.15) is 6.10 Å². The first-order valence-corrected chi connectivity index (χ1v) is 6.39. The van der Waals surface area contributed by atoms with Gasteiger partial charge in [-0.3, -0.25) is 4.79 Å². The van der Waals surface area contributed by atoms with Gasteiger partial charge < -0.3 is 9.47 Å². The number of esters is 1. The van der Waals surface area contributed by atoms with Gasteiger partial charge in [-0.15, -0.1) is 0 Å². The Bertz CT molecular complexity index is 213. The van der Waals surface area contributed by atoms with E-state index in [4.69, 9.17) is 9.47 Å². The van der Waals surface area contributed by atoms with E-state index in [1.54, 1.807) is 0 Å². The van der Waals surface area contributed by atoms with Crippen molar-refractivity contribution < 1.29 is 14.3 Å². The van der Waals surface area contributed by atoms with Crippen molar-refractivity contribution in [3.63, 3.8) is 0 Å². The van der Waals surface area contributed by atoms with Crippen molar-refractivity contribution in [2.24, 2.45) is 5.92 Å². The Balaban J connectivity index is 2.40. The van der Waals surface area contributed by atoms with Gasteiger partial charge in [0, 0.05) is 19.4 Å². The van der Waals surface area contributed by atoms with Gasteiger partial charge >= 0.3 is 5.97 Å². The molecule has 0 bridgehead atoms. The Hall–Kier alpha value is -0.570. The molecule has 0 aromatic carbocycles. The minimum absolute atomic E-state index is 0.0113. The fraction of sp³-hybridized carbons (Fsp3) is 0.923. The molecule has 1 aliphatic heterocycles. The van der Waals surface area contributed by atoms with Crippen LogP contribution in [-0.2, 0) is 14.3 Å². The van der Waals surface area contributed by atoms with Gasteiger partial charge in [0.05, 0.1) is 6.10 Å². The number of carbonyl (C=O) groups is 1. The predicted octanol–water partition coefficient (Wildman–Crippen LogP) is 2.92. The smallest absolute Gasteiger partial charge is 0.306 e. The van der Waals surface area contributed by atoms with Crippen LogP contribution in [0, 0.1) is 5.92 Å². The first kappa shape index (κ1) is 13.5. The van der Waals surface area contributed by atoms with E-state index in [9.17, 15) is 4.79 Å². The Kier molecular flexibility index (Phi) is 5.81. The number of rotatable bonds is 3. The monoisotopic (exact) mass is 228 g/mol. The molecule has 0 amide bonds. The van der Waals surface area contributed by atoms with E-state index in [0.29, 0.717) is 12.3 Å². The highest BCUT2D eigenvalue weighted by atomic mass is 16.5. The minimum atomic E-state index is -0.0583. The molecule has 2 atom stereocenters. The number of carbonyl (C=O) groups excluding carboxylic acids is 1. The maximum absolute atomic E-state index is 11.3. The highest BCUT2D eigenvalue weighted by Crippen LogP contribution is 2.18. The van der Waals surface area contributed by atoms with Crippen molar-refractivity contribution in [2.75, 3.05) is 6.61 Å². The largest absolute Gasteiger partial charge is 0.463 e. The number of cyclic esters (lactones) is 1. The number of ether oxygens (including phenoxy) is 2. The van der Waals surface area contributed by atoms with Crippen LogP contribution in [0.15, 0.2) is 0 Å². The van der Waals surface area contributed by atoms with Crippen LogP contribution in [0.1, 0.15) is 52.9 Å². The average Bonchev–Trinajstić information content (AvgIpc) is 2.26. The van der Waals surface area contributed by atoms with E-state index < -0.39 is 0 Å². The van der Waals surface area contributed by atoms with Crippen LogP contribution >= 0.6 is 0 Å². The molecule has 1 heterocycles. The van der Waals surface area contributed by atoms with Crippen LogP contribution in [-0.4, -0.2) is 24.8 Å². The van der Waals surface area contributed by atoms with Crippen molar-refractivity contribution >= 4 is 5.97 Å². The molecule has 1 fully saturated rings. The molecule has 3 nitrogen and oxygen atoms in total. The van der Waals surface area contributed by atoms with Crippen LogP contribution in [0.4, 0.5) is 0 Å². The van der Waals surface area contributed by atoms with Gasteiger partial charge in [-0.1, -0.05) is 20.3 Å². The Morgan fingerprint density at radius 3 is 2.88 bits per heavy atom. The highest BCUT2D eigenvalue weighted by Gasteiger charge is 2.19. The molecule has 0 spiro atoms. The summed E-state index contributed by atoms with van der Waals surface area (Å²) in [6.45, 7) is 7.05. The molecule has 2 unspecified atom stereocenters. The molecule has 1 aliphatic rings. The Morgan fingerprint density at radius 2 is 2.19 bits per heavy atom. The second-order valence-corrected chi connectivity index (χ2v) is 5.13. The van der Waals surface area contributed by atoms with Crippen LogP contribution in [0.2, 0.25) is 0 Å². The maximum atomic E-state index is 11.3. The third-order valence-corrected chi connectivity index (χ3v) is 2.75. The molecule has 1 saturated heterocycles. The van der Waals surface area contributed by atoms with E-state index in [1.807, 2.05) is 6.92 Å². The summed E-state index contributed by atoms with van der Waals surface area (Å²) in [6.07, 6.45) is 4.66. The van der Waals surface area contributed by atoms with E-state index in [0.717, 1.165) is 32.3 Å². The highest BCUT2D eigenvalue weighted by molar-refractivity contribution is 5.69. The fourth-order valence-corrected chi connectivity index (χ4v) is 1.94. The van der Waals surface area contributed by atoms with Crippen molar-refractivity contribution in [2.45, 2.75) is 65.1 Å². The standard InChI is InChI=1S/C13H24O3/c1-10(2)9-15-12-6-4-5-7-13(14)16-11(3)8-12/h10-12H,4-9H2,1-3H3. The zero-order chi connectivity index (χ0) is 12.0. The van der Waals surface area contributed by atoms with E-state index >= 15 is 0 Å². The zero-order valence-electron chi connectivity index (χ0n) is 10.7. The molecule has 1 rings (SSSR count). The first-order valence-electron chi connectivity index (χ1n) is 6.39. The summed E-state index contributed by atoms with van der Waals surface area (Å²) >= 11 is 0. The summed E-state index contributed by atoms with van der Waals surface area (Å²) in [5.41, 5.74) is 0. The first-order chi connectivity index (χ1) is 7.58. The second kappa shape index (κ2) is 6.89. The Labute approximate surface area is 98.5 Å². The summed E-state index contributed by atoms with van der Waals surface area (Å²) in [4.78, 5) is 11.3. The lowest BCUT2D eigenvalue weighted by Crippen LogP contribution is -2.23. The number of hydrogen-bond acceptors (Lipinski definition) is 3. The van der Waals surface area contributed by atoms with Gasteiger partial charge in [-0.05, 0) is 25.7 Å². The average molecular weight is 228 g/mol. The normalized spacial score (nSPS) is 28.1. The fourth-order valence-electron chi connectivity index (χ4n) is 1.94. The quantitative estimate of drug-likeness (QED) is 0.697. The number of hydrogen-bond donors (Lipinski definition) is 0. The molecule has 0 aliphatic carbocycles. The van der Waals surface area contributed by atoms with E-state index in [2.05, 4.69) is 13.8 Å². The van der Waals surface area contributed by atoms with Gasteiger partial charge in [0.2, 0.25) is 0 Å². The second-order valence-electron chi connectivity index (χ2n) is 5.13. The van der Waals surface area contributed by atoms with Crippen LogP contribution < -0.4 is 0 Å². The summed E-state index contributed by atoms with van der Waals surface area (Å²) in [7, 11) is 0. The zero-order valence-corrected chi connectivity index (χ0v) is 10.7. The lowest BCUT2D eigenvalue weighted by Gasteiger charge is -2.21. The Morgan fingerprint density at radius 1 is 1.44 bits per heavy atom. The van der Waals surface area contributed by atoms with Crippen molar-refractivity contribution in [3.8, 4) is 0 Å². The van der Waals surface area contributed by atoms with Crippen LogP contribution in [0.25, 0.3) is 0 Å². The molecule has 0 aromatic rings. The third-order valence-electron chi connectivity index (χ3n) is 2.75. The lowest BCUT2D eigenvalue weighted by molar-refractivity contribution is -0.149. The molecule has 0 aromatic heterocycles. The summed E-state index contributed by atoms with van der Waals surface area (Å²) in [6, 6.07) is 0. The SMILES string of the molecule is CC(C)COC1CCCCC(=O)OC(C)C1. The summed E-state index contributed by atoms with van der Waals surface area (Å²) < 4.78 is 11.1. The van der Waals surface area contributed by atoms with Crippen LogP contribution in [0.3, 0.4) is 0 Å². The molecule has 0 radical (unpaired) electrons. The van der Waals surface area contributed by atoms with Gasteiger partial charge in [-0.25, -0.2) is 0 Å². The molecule has 16 heavy (non-hydrogen) atoms. The molecule has 3 heteroatoms. The molecule has 94 valence electrons. The summed E-state index contributed by atoms with van der Waals surface area (Å²) in [5, 5.41) is 0. The third kappa shape index (κ3) is 5.50. The summed E-state index contributed by atoms with van der Waals surface area (Å²) in [5.74, 6) is 0.502. The van der Waals surface area contributed by atoms with Crippen molar-refractivity contribution in [1.82, 2.24) is 0 Å². The van der Waals surface area contributed by atoms with E-state index in [-0.39, 0.29) is 18.2 Å². The molecular formula is C13H24O3. The van der Waals surface area contributed by atoms with Crippen molar-refractivity contribution in [3.05, 3.63) is 0 Å². The van der Waals surface area contributed by atoms with Crippen LogP contribution in [0.5, 0.6) is 0 Å². The van der Waals surface area contributed by atoms with E-state index in [1.165, 1.54) is 0 Å². The molecule has 0 N–H and O–H groups in total. The van der Waals surface area contributed by atoms with Gasteiger partial charge in [0.15, 0.2) is 0 Å². The van der Waals surface area contributed by atoms with Crippen molar-refractivity contribution in [1.29, 1.82) is 0 Å². The maximum Gasteiger partial charge on any atom is 0.306 e. The molecular weight excluding hydrogens is 204 g/mol. The topological polar surface area (TPSA) is 35.5 Å². The minimum Gasteiger partial charge on any atom is -0.463 e. The van der Waals surface area contributed by atoms with Gasteiger partial charge in [0.25, 0.3) is 0 Å². The molecule has 0 saturated carbocycles. The lowest BCUT2D eigenvalue weighted by atomic mass is 10.1. The van der Waals surface area contributed by atoms with Gasteiger partial charge in [-0.2, -0.15) is 0 Å².